The number of furan rings is 1. The third-order valence-corrected chi connectivity index (χ3v) is 4.82. The summed E-state index contributed by atoms with van der Waals surface area (Å²) in [5.41, 5.74) is 1.62. The maximum absolute atomic E-state index is 12.4. The van der Waals surface area contributed by atoms with Crippen molar-refractivity contribution in [2.24, 2.45) is 0 Å². The van der Waals surface area contributed by atoms with Crippen LogP contribution in [0.4, 0.5) is 0 Å². The van der Waals surface area contributed by atoms with E-state index >= 15 is 0 Å². The van der Waals surface area contributed by atoms with Crippen LogP contribution in [-0.2, 0) is 12.3 Å². The molecule has 0 bridgehead atoms. The second-order valence-electron chi connectivity index (χ2n) is 5.62. The first-order valence-electron chi connectivity index (χ1n) is 8.50. The molecule has 0 spiro atoms. The number of nitrogens with one attached hydrogen (secondary N) is 1. The van der Waals surface area contributed by atoms with Crippen LogP contribution in [0, 0.1) is 0 Å². The van der Waals surface area contributed by atoms with Crippen LogP contribution < -0.4 is 10.1 Å². The Hall–Kier alpha value is -2.66. The maximum atomic E-state index is 12.4. The van der Waals surface area contributed by atoms with Crippen LogP contribution in [0.3, 0.4) is 0 Å². The minimum Gasteiger partial charge on any atom is -0.494 e. The van der Waals surface area contributed by atoms with Crippen LogP contribution in [0.1, 0.15) is 28.6 Å². The molecule has 0 radical (unpaired) electrons. The molecule has 2 aromatic carbocycles. The van der Waals surface area contributed by atoms with Crippen LogP contribution in [0.25, 0.3) is 0 Å². The molecule has 0 saturated carbocycles. The zero-order valence-electron chi connectivity index (χ0n) is 14.6. The highest BCUT2D eigenvalue weighted by Crippen LogP contribution is 2.29. The molecule has 3 aromatic rings. The van der Waals surface area contributed by atoms with Crippen molar-refractivity contribution in [1.29, 1.82) is 0 Å². The standard InChI is InChI=1S/C21H21NO3S/c1-2-24-20-11-10-16(21(23)22-14-18-7-6-12-25-18)13-17(20)15-26-19-8-4-3-5-9-19/h3-13H,2,14-15H2,1H3,(H,22,23). The lowest BCUT2D eigenvalue weighted by Crippen LogP contribution is -2.22. The Morgan fingerprint density at radius 1 is 1.12 bits per heavy atom. The number of ether oxygens (including phenoxy) is 1. The summed E-state index contributed by atoms with van der Waals surface area (Å²) in [4.78, 5) is 13.6. The van der Waals surface area contributed by atoms with Crippen LogP contribution in [-0.4, -0.2) is 12.5 Å². The number of hydrogen-bond acceptors (Lipinski definition) is 4. The molecular formula is C21H21NO3S. The number of carbonyl (C=O) groups is 1. The molecule has 26 heavy (non-hydrogen) atoms. The monoisotopic (exact) mass is 367 g/mol. The smallest absolute Gasteiger partial charge is 0.251 e. The van der Waals surface area contributed by atoms with Gasteiger partial charge in [0.1, 0.15) is 11.5 Å². The first-order valence-corrected chi connectivity index (χ1v) is 9.49. The lowest BCUT2D eigenvalue weighted by atomic mass is 10.1. The molecule has 0 fully saturated rings. The van der Waals surface area contributed by atoms with Gasteiger partial charge in [-0.2, -0.15) is 0 Å². The van der Waals surface area contributed by atoms with E-state index in [1.165, 1.54) is 4.90 Å². The first-order chi connectivity index (χ1) is 12.8. The molecule has 1 N–H and O–H groups in total. The van der Waals surface area contributed by atoms with Crippen LogP contribution in [0.2, 0.25) is 0 Å². The van der Waals surface area contributed by atoms with Crippen molar-refractivity contribution in [3.63, 3.8) is 0 Å². The number of benzene rings is 2. The van der Waals surface area contributed by atoms with Gasteiger partial charge in [0, 0.05) is 21.8 Å². The van der Waals surface area contributed by atoms with E-state index in [4.69, 9.17) is 9.15 Å². The van der Waals surface area contributed by atoms with Crippen LogP contribution in [0.5, 0.6) is 5.75 Å². The molecule has 4 nitrogen and oxygen atoms in total. The summed E-state index contributed by atoms with van der Waals surface area (Å²) in [7, 11) is 0. The van der Waals surface area contributed by atoms with Crippen molar-refractivity contribution in [2.45, 2.75) is 24.1 Å². The molecule has 1 amide bonds. The third-order valence-electron chi connectivity index (χ3n) is 3.76. The average Bonchev–Trinajstić information content (AvgIpc) is 3.20. The summed E-state index contributed by atoms with van der Waals surface area (Å²) in [5.74, 6) is 2.15. The molecular weight excluding hydrogens is 346 g/mol. The highest BCUT2D eigenvalue weighted by molar-refractivity contribution is 7.98. The normalized spacial score (nSPS) is 10.5. The number of hydrogen-bond donors (Lipinski definition) is 1. The molecule has 5 heteroatoms. The number of thioether (sulfide) groups is 1. The van der Waals surface area contributed by atoms with E-state index in [9.17, 15) is 4.79 Å². The first kappa shape index (κ1) is 18.1. The predicted octanol–water partition coefficient (Wildman–Crippen LogP) is 4.90. The van der Waals surface area contributed by atoms with Gasteiger partial charge in [0.2, 0.25) is 0 Å². The molecule has 3 rings (SSSR count). The van der Waals surface area contributed by atoms with Crippen molar-refractivity contribution in [3.05, 3.63) is 83.8 Å². The van der Waals surface area contributed by atoms with Crippen molar-refractivity contribution in [3.8, 4) is 5.75 Å². The van der Waals surface area contributed by atoms with Gasteiger partial charge in [-0.1, -0.05) is 18.2 Å². The molecule has 1 aromatic heterocycles. The van der Waals surface area contributed by atoms with E-state index in [1.807, 2.05) is 43.3 Å². The van der Waals surface area contributed by atoms with Gasteiger partial charge in [-0.15, -0.1) is 11.8 Å². The maximum Gasteiger partial charge on any atom is 0.251 e. The SMILES string of the molecule is CCOc1ccc(C(=O)NCc2ccco2)cc1CSc1ccccc1. The van der Waals surface area contributed by atoms with E-state index in [1.54, 1.807) is 30.2 Å². The van der Waals surface area contributed by atoms with Crippen molar-refractivity contribution < 1.29 is 13.9 Å². The largest absolute Gasteiger partial charge is 0.494 e. The van der Waals surface area contributed by atoms with Crippen molar-refractivity contribution >= 4 is 17.7 Å². The molecule has 0 aliphatic heterocycles. The second kappa shape index (κ2) is 9.15. The number of carbonyl (C=O) groups excluding carboxylic acids is 1. The Morgan fingerprint density at radius 2 is 1.96 bits per heavy atom. The molecule has 0 atom stereocenters. The Kier molecular flexibility index (Phi) is 6.39. The minimum absolute atomic E-state index is 0.129. The predicted molar refractivity (Wildman–Crippen MR) is 103 cm³/mol. The van der Waals surface area contributed by atoms with Gasteiger partial charge in [0.05, 0.1) is 19.4 Å². The molecule has 0 unspecified atom stereocenters. The average molecular weight is 367 g/mol. The van der Waals surface area contributed by atoms with E-state index < -0.39 is 0 Å². The Bertz CT molecular complexity index is 832. The van der Waals surface area contributed by atoms with E-state index in [2.05, 4.69) is 17.4 Å². The van der Waals surface area contributed by atoms with Gasteiger partial charge in [0.25, 0.3) is 5.91 Å². The Morgan fingerprint density at radius 3 is 2.69 bits per heavy atom. The summed E-state index contributed by atoms with van der Waals surface area (Å²) in [6.07, 6.45) is 1.59. The summed E-state index contributed by atoms with van der Waals surface area (Å²) >= 11 is 1.72. The third kappa shape index (κ3) is 4.92. The van der Waals surface area contributed by atoms with Gasteiger partial charge >= 0.3 is 0 Å². The topological polar surface area (TPSA) is 51.5 Å². The van der Waals surface area contributed by atoms with E-state index in [0.29, 0.717) is 18.7 Å². The van der Waals surface area contributed by atoms with Crippen molar-refractivity contribution in [1.82, 2.24) is 5.32 Å². The van der Waals surface area contributed by atoms with E-state index in [-0.39, 0.29) is 5.91 Å². The number of amides is 1. The van der Waals surface area contributed by atoms with Crippen molar-refractivity contribution in [2.75, 3.05) is 6.61 Å². The molecule has 0 saturated heterocycles. The zero-order valence-corrected chi connectivity index (χ0v) is 15.4. The fourth-order valence-corrected chi connectivity index (χ4v) is 3.39. The van der Waals surface area contributed by atoms with Crippen LogP contribution in [0.15, 0.2) is 76.2 Å². The highest BCUT2D eigenvalue weighted by Gasteiger charge is 2.11. The van der Waals surface area contributed by atoms with Gasteiger partial charge < -0.3 is 14.5 Å². The molecule has 134 valence electrons. The Balaban J connectivity index is 1.71. The molecule has 0 aliphatic carbocycles. The minimum atomic E-state index is -0.129. The summed E-state index contributed by atoms with van der Waals surface area (Å²) in [5, 5.41) is 2.87. The van der Waals surface area contributed by atoms with Gasteiger partial charge in [-0.3, -0.25) is 4.79 Å². The fourth-order valence-electron chi connectivity index (χ4n) is 2.49. The van der Waals surface area contributed by atoms with E-state index in [0.717, 1.165) is 22.8 Å². The second-order valence-corrected chi connectivity index (χ2v) is 6.67. The molecule has 0 aliphatic rings. The van der Waals surface area contributed by atoms with Crippen LogP contribution >= 0.6 is 11.8 Å². The summed E-state index contributed by atoms with van der Waals surface area (Å²) in [6.45, 7) is 2.91. The quantitative estimate of drug-likeness (QED) is 0.575. The number of rotatable bonds is 8. The zero-order chi connectivity index (χ0) is 18.2. The highest BCUT2D eigenvalue weighted by atomic mass is 32.2. The summed E-state index contributed by atoms with van der Waals surface area (Å²) in [6, 6.07) is 19.4. The van der Waals surface area contributed by atoms with Gasteiger partial charge in [0.15, 0.2) is 0 Å². The lowest BCUT2D eigenvalue weighted by Gasteiger charge is -2.12. The fraction of sp³-hybridized carbons (Fsp3) is 0.190. The molecule has 1 heterocycles. The van der Waals surface area contributed by atoms with Gasteiger partial charge in [-0.25, -0.2) is 0 Å². The lowest BCUT2D eigenvalue weighted by molar-refractivity contribution is 0.0948. The van der Waals surface area contributed by atoms with Gasteiger partial charge in [-0.05, 0) is 49.4 Å². The summed E-state index contributed by atoms with van der Waals surface area (Å²) < 4.78 is 11.0. The Labute approximate surface area is 157 Å².